The molecule has 0 saturated carbocycles. The summed E-state index contributed by atoms with van der Waals surface area (Å²) >= 11 is 7.00. The van der Waals surface area contributed by atoms with Crippen molar-refractivity contribution in [3.8, 4) is 0 Å². The lowest BCUT2D eigenvalue weighted by molar-refractivity contribution is 0.539. The van der Waals surface area contributed by atoms with Crippen molar-refractivity contribution < 1.29 is 8.78 Å². The fraction of sp³-hybridized carbons (Fsp3) is 0.167. The number of thiophene rings is 1. The van der Waals surface area contributed by atoms with Crippen LogP contribution in [0, 0.1) is 18.6 Å². The van der Waals surface area contributed by atoms with E-state index in [0.29, 0.717) is 14.8 Å². The van der Waals surface area contributed by atoms with E-state index in [1.807, 2.05) is 0 Å². The third-order valence-electron chi connectivity index (χ3n) is 2.53. The van der Waals surface area contributed by atoms with E-state index in [2.05, 4.69) is 0 Å². The summed E-state index contributed by atoms with van der Waals surface area (Å²) in [6.45, 7) is 1.58. The number of nitrogens with two attached hydrogens (primary N) is 1. The maximum absolute atomic E-state index is 13.9. The Morgan fingerprint density at radius 3 is 2.53 bits per heavy atom. The van der Waals surface area contributed by atoms with E-state index >= 15 is 0 Å². The molecule has 0 radical (unpaired) electrons. The highest BCUT2D eigenvalue weighted by Crippen LogP contribution is 2.32. The van der Waals surface area contributed by atoms with E-state index in [1.165, 1.54) is 23.5 Å². The third-order valence-corrected chi connectivity index (χ3v) is 3.85. The number of rotatable bonds is 2. The first-order valence-electron chi connectivity index (χ1n) is 4.96. The molecule has 0 aliphatic rings. The quantitative estimate of drug-likeness (QED) is 0.878. The predicted molar refractivity (Wildman–Crippen MR) is 66.5 cm³/mol. The van der Waals surface area contributed by atoms with E-state index in [0.717, 1.165) is 0 Å². The third kappa shape index (κ3) is 2.34. The average Bonchev–Trinajstić information content (AvgIpc) is 2.71. The molecule has 0 aliphatic carbocycles. The molecule has 0 spiro atoms. The van der Waals surface area contributed by atoms with Crippen molar-refractivity contribution in [1.29, 1.82) is 0 Å². The van der Waals surface area contributed by atoms with E-state index in [9.17, 15) is 8.78 Å². The first-order chi connectivity index (χ1) is 8.00. The summed E-state index contributed by atoms with van der Waals surface area (Å²) < 4.78 is 28.0. The molecule has 0 aliphatic heterocycles. The summed E-state index contributed by atoms with van der Waals surface area (Å²) in [4.78, 5) is 0.637. The summed E-state index contributed by atoms with van der Waals surface area (Å²) in [6.07, 6.45) is 0. The first kappa shape index (κ1) is 12.5. The van der Waals surface area contributed by atoms with Crippen LogP contribution >= 0.6 is 22.9 Å². The molecular weight excluding hydrogens is 264 g/mol. The van der Waals surface area contributed by atoms with Crippen LogP contribution in [0.3, 0.4) is 0 Å². The molecule has 1 unspecified atom stereocenters. The average molecular weight is 274 g/mol. The second-order valence-corrected chi connectivity index (χ2v) is 5.46. The lowest BCUT2D eigenvalue weighted by atomic mass is 10.0. The van der Waals surface area contributed by atoms with Gasteiger partial charge in [0.1, 0.15) is 11.6 Å². The molecule has 0 amide bonds. The number of hydrogen-bond donors (Lipinski definition) is 1. The zero-order valence-corrected chi connectivity index (χ0v) is 10.6. The Morgan fingerprint density at radius 2 is 1.94 bits per heavy atom. The zero-order chi connectivity index (χ0) is 12.6. The normalized spacial score (nSPS) is 12.8. The molecule has 0 saturated heterocycles. The highest BCUT2D eigenvalue weighted by molar-refractivity contribution is 7.16. The smallest absolute Gasteiger partial charge is 0.134 e. The van der Waals surface area contributed by atoms with Gasteiger partial charge in [-0.1, -0.05) is 17.7 Å². The molecule has 1 atom stereocenters. The van der Waals surface area contributed by atoms with Gasteiger partial charge >= 0.3 is 0 Å². The lowest BCUT2D eigenvalue weighted by Crippen LogP contribution is -2.15. The van der Waals surface area contributed by atoms with Gasteiger partial charge in [-0.3, -0.25) is 0 Å². The van der Waals surface area contributed by atoms with E-state index in [-0.39, 0.29) is 5.56 Å². The number of hydrogen-bond acceptors (Lipinski definition) is 2. The van der Waals surface area contributed by atoms with E-state index < -0.39 is 17.7 Å². The molecule has 17 heavy (non-hydrogen) atoms. The molecule has 0 fully saturated rings. The molecule has 0 bridgehead atoms. The molecule has 1 nitrogen and oxygen atoms in total. The largest absolute Gasteiger partial charge is 0.319 e. The molecular formula is C12H10ClF2NS. The van der Waals surface area contributed by atoms with Crippen LogP contribution < -0.4 is 5.73 Å². The van der Waals surface area contributed by atoms with Crippen molar-refractivity contribution in [2.24, 2.45) is 5.73 Å². The summed E-state index contributed by atoms with van der Waals surface area (Å²) in [5.74, 6) is -1.23. The second kappa shape index (κ2) is 4.72. The van der Waals surface area contributed by atoms with Gasteiger partial charge in [0.25, 0.3) is 0 Å². The monoisotopic (exact) mass is 273 g/mol. The minimum atomic E-state index is -0.826. The van der Waals surface area contributed by atoms with Crippen LogP contribution in [0.2, 0.25) is 4.34 Å². The van der Waals surface area contributed by atoms with Crippen molar-refractivity contribution in [1.82, 2.24) is 0 Å². The zero-order valence-electron chi connectivity index (χ0n) is 9.01. The molecule has 2 rings (SSSR count). The van der Waals surface area contributed by atoms with Gasteiger partial charge in [0.2, 0.25) is 0 Å². The van der Waals surface area contributed by atoms with Crippen LogP contribution in [0.1, 0.15) is 22.0 Å². The van der Waals surface area contributed by atoms with Crippen LogP contribution in [0.4, 0.5) is 8.78 Å². The Morgan fingerprint density at radius 1 is 1.24 bits per heavy atom. The summed E-state index contributed by atoms with van der Waals surface area (Å²) in [5, 5.41) is 0. The minimum absolute atomic E-state index is 0.108. The van der Waals surface area contributed by atoms with Gasteiger partial charge in [-0.15, -0.1) is 11.3 Å². The fourth-order valence-corrected chi connectivity index (χ4v) is 2.67. The topological polar surface area (TPSA) is 26.0 Å². The SMILES string of the molecule is Cc1ccc(F)c(C(N)c2ccc(Cl)s2)c1F. The molecule has 2 aromatic rings. The standard InChI is InChI=1S/C12H10ClF2NS/c1-6-2-3-7(14)10(11(6)15)12(16)8-4-5-9(13)17-8/h2-5,12H,16H2,1H3. The minimum Gasteiger partial charge on any atom is -0.319 e. The fourth-order valence-electron chi connectivity index (χ4n) is 1.60. The maximum atomic E-state index is 13.9. The van der Waals surface area contributed by atoms with Gasteiger partial charge in [-0.2, -0.15) is 0 Å². The number of benzene rings is 1. The Balaban J connectivity index is 2.50. The first-order valence-corrected chi connectivity index (χ1v) is 6.15. The van der Waals surface area contributed by atoms with Gasteiger partial charge in [-0.25, -0.2) is 8.78 Å². The van der Waals surface area contributed by atoms with Gasteiger partial charge in [0.05, 0.1) is 10.4 Å². The summed E-state index contributed by atoms with van der Waals surface area (Å²) in [7, 11) is 0. The molecule has 5 heteroatoms. The highest BCUT2D eigenvalue weighted by atomic mass is 35.5. The summed E-state index contributed by atoms with van der Waals surface area (Å²) in [6, 6.07) is 5.13. The van der Waals surface area contributed by atoms with Gasteiger partial charge < -0.3 is 5.73 Å². The predicted octanol–water partition coefficient (Wildman–Crippen LogP) is 4.04. The number of halogens is 3. The van der Waals surface area contributed by atoms with Crippen LogP contribution in [-0.4, -0.2) is 0 Å². The maximum Gasteiger partial charge on any atom is 0.134 e. The Bertz CT molecular complexity index is 553. The van der Waals surface area contributed by atoms with Crippen LogP contribution in [0.15, 0.2) is 24.3 Å². The van der Waals surface area contributed by atoms with Crippen LogP contribution in [0.25, 0.3) is 0 Å². The van der Waals surface area contributed by atoms with Crippen molar-refractivity contribution in [2.45, 2.75) is 13.0 Å². The van der Waals surface area contributed by atoms with Crippen molar-refractivity contribution >= 4 is 22.9 Å². The molecule has 90 valence electrons. The van der Waals surface area contributed by atoms with Gasteiger partial charge in [0, 0.05) is 10.4 Å². The van der Waals surface area contributed by atoms with Gasteiger partial charge in [-0.05, 0) is 30.7 Å². The van der Waals surface area contributed by atoms with Gasteiger partial charge in [0.15, 0.2) is 0 Å². The summed E-state index contributed by atoms with van der Waals surface area (Å²) in [5.41, 5.74) is 6.14. The Hall–Kier alpha value is -0.970. The highest BCUT2D eigenvalue weighted by Gasteiger charge is 2.21. The Labute approximate surface area is 107 Å². The van der Waals surface area contributed by atoms with Crippen LogP contribution in [0.5, 0.6) is 0 Å². The van der Waals surface area contributed by atoms with E-state index in [4.69, 9.17) is 17.3 Å². The Kier molecular flexibility index (Phi) is 3.47. The molecule has 1 aromatic carbocycles. The molecule has 2 N–H and O–H groups in total. The van der Waals surface area contributed by atoms with Crippen molar-refractivity contribution in [3.05, 3.63) is 56.2 Å². The number of aryl methyl sites for hydroxylation is 1. The molecule has 1 aromatic heterocycles. The van der Waals surface area contributed by atoms with Crippen molar-refractivity contribution in [2.75, 3.05) is 0 Å². The van der Waals surface area contributed by atoms with Crippen molar-refractivity contribution in [3.63, 3.8) is 0 Å². The molecule has 1 heterocycles. The second-order valence-electron chi connectivity index (χ2n) is 3.71. The van der Waals surface area contributed by atoms with Crippen LogP contribution in [-0.2, 0) is 0 Å². The van der Waals surface area contributed by atoms with E-state index in [1.54, 1.807) is 19.1 Å². The lowest BCUT2D eigenvalue weighted by Gasteiger charge is -2.13.